The predicted octanol–water partition coefficient (Wildman–Crippen LogP) is 0.939. The maximum absolute atomic E-state index is 12.5. The summed E-state index contributed by atoms with van der Waals surface area (Å²) < 4.78 is 4.96. The molecule has 0 radical (unpaired) electrons. The molecule has 3 rings (SSSR count). The van der Waals surface area contributed by atoms with Crippen LogP contribution in [0.5, 0.6) is 0 Å². The highest BCUT2D eigenvalue weighted by Gasteiger charge is 2.27. The van der Waals surface area contributed by atoms with Crippen molar-refractivity contribution < 1.29 is 14.3 Å². The molecule has 120 valence electrons. The molecule has 2 aromatic rings. The largest absolute Gasteiger partial charge is 0.450 e. The monoisotopic (exact) mass is 315 g/mol. The van der Waals surface area contributed by atoms with Crippen LogP contribution in [0, 0.1) is 0 Å². The molecule has 0 bridgehead atoms. The van der Waals surface area contributed by atoms with Gasteiger partial charge in [0.15, 0.2) is 0 Å². The average Bonchev–Trinajstić information content (AvgIpc) is 2.61. The minimum absolute atomic E-state index is 0.0771. The number of amides is 2. The van der Waals surface area contributed by atoms with E-state index >= 15 is 0 Å². The molecule has 0 atom stereocenters. The van der Waals surface area contributed by atoms with Crippen molar-refractivity contribution >= 4 is 23.0 Å². The molecule has 0 unspecified atom stereocenters. The van der Waals surface area contributed by atoms with E-state index in [0.717, 1.165) is 0 Å². The summed E-state index contributed by atoms with van der Waals surface area (Å²) in [6.45, 7) is 3.83. The van der Waals surface area contributed by atoms with E-state index in [2.05, 4.69) is 15.2 Å². The minimum atomic E-state index is -0.344. The van der Waals surface area contributed by atoms with Crippen molar-refractivity contribution in [3.63, 3.8) is 0 Å². The van der Waals surface area contributed by atoms with Crippen molar-refractivity contribution in [2.24, 2.45) is 0 Å². The van der Waals surface area contributed by atoms with E-state index in [4.69, 9.17) is 4.74 Å². The summed E-state index contributed by atoms with van der Waals surface area (Å²) in [5.74, 6) is -0.194. The summed E-state index contributed by atoms with van der Waals surface area (Å²) in [5, 5.41) is 7.93. The third-order valence-corrected chi connectivity index (χ3v) is 3.64. The number of hydrogen-bond acceptors (Lipinski definition) is 6. The Balaban J connectivity index is 1.67. The van der Waals surface area contributed by atoms with Crippen molar-refractivity contribution in [3.8, 4) is 0 Å². The fourth-order valence-electron chi connectivity index (χ4n) is 2.42. The summed E-state index contributed by atoms with van der Waals surface area (Å²) in [4.78, 5) is 31.6. The van der Waals surface area contributed by atoms with Crippen LogP contribution in [0.2, 0.25) is 0 Å². The number of piperazine rings is 1. The number of carbonyl (C=O) groups is 2. The molecule has 1 aromatic carbocycles. The summed E-state index contributed by atoms with van der Waals surface area (Å²) in [6, 6.07) is 7.26. The number of carbonyl (C=O) groups excluding carboxylic acids is 2. The van der Waals surface area contributed by atoms with E-state index in [1.807, 2.05) is 12.1 Å². The molecular weight excluding hydrogens is 298 g/mol. The number of para-hydroxylation sites is 1. The summed E-state index contributed by atoms with van der Waals surface area (Å²) in [5.41, 5.74) is 1.28. The molecular formula is C15H17N5O3. The number of hydrogen-bond donors (Lipinski definition) is 0. The number of ether oxygens (including phenoxy) is 1. The first kappa shape index (κ1) is 15.1. The molecule has 8 heteroatoms. The van der Waals surface area contributed by atoms with Crippen LogP contribution < -0.4 is 0 Å². The molecule has 2 heterocycles. The molecule has 23 heavy (non-hydrogen) atoms. The van der Waals surface area contributed by atoms with E-state index < -0.39 is 0 Å². The second kappa shape index (κ2) is 6.55. The van der Waals surface area contributed by atoms with Gasteiger partial charge in [0.25, 0.3) is 5.91 Å². The smallest absolute Gasteiger partial charge is 0.409 e. The normalized spacial score (nSPS) is 14.8. The van der Waals surface area contributed by atoms with E-state index in [-0.39, 0.29) is 17.8 Å². The van der Waals surface area contributed by atoms with Crippen LogP contribution in [-0.2, 0) is 4.74 Å². The highest BCUT2D eigenvalue weighted by atomic mass is 16.6. The van der Waals surface area contributed by atoms with Crippen LogP contribution in [0.1, 0.15) is 17.5 Å². The van der Waals surface area contributed by atoms with Gasteiger partial charge in [-0.2, -0.15) is 0 Å². The molecule has 1 aliphatic rings. The Morgan fingerprint density at radius 2 is 1.70 bits per heavy atom. The van der Waals surface area contributed by atoms with Crippen LogP contribution in [0.3, 0.4) is 0 Å². The van der Waals surface area contributed by atoms with Gasteiger partial charge in [0.1, 0.15) is 5.52 Å². The Morgan fingerprint density at radius 1 is 1.04 bits per heavy atom. The Kier molecular flexibility index (Phi) is 4.31. The van der Waals surface area contributed by atoms with Crippen LogP contribution >= 0.6 is 0 Å². The quantitative estimate of drug-likeness (QED) is 0.819. The lowest BCUT2D eigenvalue weighted by Crippen LogP contribution is -2.51. The zero-order valence-corrected chi connectivity index (χ0v) is 12.8. The Morgan fingerprint density at radius 3 is 2.39 bits per heavy atom. The molecule has 1 fully saturated rings. The zero-order chi connectivity index (χ0) is 16.2. The van der Waals surface area contributed by atoms with Crippen LogP contribution in [0.4, 0.5) is 4.79 Å². The standard InChI is InChI=1S/C15H17N5O3/c1-2-23-15(22)20-9-7-19(8-10-20)14(21)13-16-11-5-3-4-6-12(11)17-18-13/h3-6H,2,7-10H2,1H3. The first-order valence-electron chi connectivity index (χ1n) is 7.49. The Bertz CT molecular complexity index is 728. The van der Waals surface area contributed by atoms with E-state index in [9.17, 15) is 9.59 Å². The minimum Gasteiger partial charge on any atom is -0.450 e. The number of rotatable bonds is 2. The molecule has 1 aliphatic heterocycles. The van der Waals surface area contributed by atoms with E-state index in [0.29, 0.717) is 43.8 Å². The Labute approximate surface area is 133 Å². The maximum atomic E-state index is 12.5. The van der Waals surface area contributed by atoms with Gasteiger partial charge in [0.05, 0.1) is 12.1 Å². The first-order valence-corrected chi connectivity index (χ1v) is 7.49. The fraction of sp³-hybridized carbons (Fsp3) is 0.400. The van der Waals surface area contributed by atoms with Gasteiger partial charge in [0.2, 0.25) is 5.82 Å². The molecule has 0 N–H and O–H groups in total. The topological polar surface area (TPSA) is 88.5 Å². The van der Waals surface area contributed by atoms with Gasteiger partial charge in [-0.25, -0.2) is 9.78 Å². The number of fused-ring (bicyclic) bond motifs is 1. The summed E-state index contributed by atoms with van der Waals surface area (Å²) >= 11 is 0. The first-order chi connectivity index (χ1) is 11.2. The molecule has 0 aliphatic carbocycles. The lowest BCUT2D eigenvalue weighted by Gasteiger charge is -2.33. The molecule has 2 amide bonds. The number of nitrogens with zero attached hydrogens (tertiary/aromatic N) is 5. The van der Waals surface area contributed by atoms with Crippen molar-refractivity contribution in [1.82, 2.24) is 25.0 Å². The third-order valence-electron chi connectivity index (χ3n) is 3.64. The summed E-state index contributed by atoms with van der Waals surface area (Å²) in [7, 11) is 0. The summed E-state index contributed by atoms with van der Waals surface area (Å²) in [6.07, 6.45) is -0.344. The van der Waals surface area contributed by atoms with Gasteiger partial charge in [-0.05, 0) is 19.1 Å². The van der Waals surface area contributed by atoms with Crippen molar-refractivity contribution in [2.45, 2.75) is 6.92 Å². The average molecular weight is 315 g/mol. The lowest BCUT2D eigenvalue weighted by molar-refractivity contribution is 0.0560. The fourth-order valence-corrected chi connectivity index (χ4v) is 2.42. The molecule has 8 nitrogen and oxygen atoms in total. The molecule has 1 saturated heterocycles. The van der Waals surface area contributed by atoms with Crippen molar-refractivity contribution in [1.29, 1.82) is 0 Å². The second-order valence-electron chi connectivity index (χ2n) is 5.10. The van der Waals surface area contributed by atoms with Crippen molar-refractivity contribution in [2.75, 3.05) is 32.8 Å². The van der Waals surface area contributed by atoms with Crippen molar-refractivity contribution in [3.05, 3.63) is 30.1 Å². The predicted molar refractivity (Wildman–Crippen MR) is 81.8 cm³/mol. The van der Waals surface area contributed by atoms with Crippen LogP contribution in [0.25, 0.3) is 11.0 Å². The van der Waals surface area contributed by atoms with E-state index in [1.54, 1.807) is 28.9 Å². The van der Waals surface area contributed by atoms with Gasteiger partial charge in [0, 0.05) is 26.2 Å². The second-order valence-corrected chi connectivity index (χ2v) is 5.10. The number of aromatic nitrogens is 3. The van der Waals surface area contributed by atoms with Gasteiger partial charge < -0.3 is 14.5 Å². The van der Waals surface area contributed by atoms with Gasteiger partial charge in [-0.15, -0.1) is 10.2 Å². The Hall–Kier alpha value is -2.77. The van der Waals surface area contributed by atoms with Gasteiger partial charge in [-0.3, -0.25) is 4.79 Å². The molecule has 0 spiro atoms. The molecule has 0 saturated carbocycles. The lowest BCUT2D eigenvalue weighted by atomic mass is 10.3. The SMILES string of the molecule is CCOC(=O)N1CCN(C(=O)c2nnc3ccccc3n2)CC1. The zero-order valence-electron chi connectivity index (χ0n) is 12.8. The third kappa shape index (κ3) is 3.20. The van der Waals surface area contributed by atoms with Crippen LogP contribution in [-0.4, -0.2) is 69.8 Å². The maximum Gasteiger partial charge on any atom is 0.409 e. The van der Waals surface area contributed by atoms with Gasteiger partial charge >= 0.3 is 6.09 Å². The number of benzene rings is 1. The van der Waals surface area contributed by atoms with Crippen LogP contribution in [0.15, 0.2) is 24.3 Å². The highest BCUT2D eigenvalue weighted by Crippen LogP contribution is 2.10. The molecule has 1 aromatic heterocycles. The van der Waals surface area contributed by atoms with Gasteiger partial charge in [-0.1, -0.05) is 12.1 Å². The highest BCUT2D eigenvalue weighted by molar-refractivity contribution is 5.92. The van der Waals surface area contributed by atoms with E-state index in [1.165, 1.54) is 0 Å².